The molecule has 20 heavy (non-hydrogen) atoms. The summed E-state index contributed by atoms with van der Waals surface area (Å²) < 4.78 is 13.2. The maximum atomic E-state index is 13.2. The first-order valence-electron chi connectivity index (χ1n) is 6.89. The summed E-state index contributed by atoms with van der Waals surface area (Å²) in [4.78, 5) is 0. The summed E-state index contributed by atoms with van der Waals surface area (Å²) in [5.74, 6) is -0.344. The van der Waals surface area contributed by atoms with Crippen molar-refractivity contribution in [3.05, 3.63) is 69.5 Å². The third-order valence-corrected chi connectivity index (χ3v) is 3.96. The van der Waals surface area contributed by atoms with Gasteiger partial charge in [-0.05, 0) is 47.2 Å². The van der Waals surface area contributed by atoms with E-state index in [0.717, 1.165) is 24.0 Å². The first kappa shape index (κ1) is 15.0. The molecule has 1 nitrogen and oxygen atoms in total. The molecule has 2 aromatic carbocycles. The van der Waals surface area contributed by atoms with E-state index in [0.29, 0.717) is 5.02 Å². The smallest absolute Gasteiger partial charge is 0.124 e. The van der Waals surface area contributed by atoms with Crippen molar-refractivity contribution < 1.29 is 4.39 Å². The molecular formula is C17H19ClFN. The van der Waals surface area contributed by atoms with Crippen molar-refractivity contribution in [2.75, 3.05) is 0 Å². The second-order valence-electron chi connectivity index (χ2n) is 4.88. The Balaban J connectivity index is 2.48. The highest BCUT2D eigenvalue weighted by atomic mass is 35.5. The van der Waals surface area contributed by atoms with E-state index in [4.69, 9.17) is 17.3 Å². The molecule has 2 aromatic rings. The van der Waals surface area contributed by atoms with Gasteiger partial charge in [-0.3, -0.25) is 0 Å². The fourth-order valence-electron chi connectivity index (χ4n) is 2.40. The molecule has 0 aromatic heterocycles. The highest BCUT2D eigenvalue weighted by Gasteiger charge is 2.16. The Hall–Kier alpha value is -1.38. The Kier molecular flexibility index (Phi) is 4.79. The number of hydrogen-bond donors (Lipinski definition) is 1. The minimum atomic E-state index is -0.344. The van der Waals surface area contributed by atoms with Crippen LogP contribution in [0.2, 0.25) is 5.02 Å². The summed E-state index contributed by atoms with van der Waals surface area (Å²) in [6.07, 6.45) is 1.87. The van der Waals surface area contributed by atoms with Gasteiger partial charge in [0.05, 0.1) is 6.04 Å². The van der Waals surface area contributed by atoms with Crippen LogP contribution in [0.5, 0.6) is 0 Å². The van der Waals surface area contributed by atoms with Gasteiger partial charge in [-0.1, -0.05) is 49.7 Å². The summed E-state index contributed by atoms with van der Waals surface area (Å²) in [7, 11) is 0. The molecule has 0 fully saturated rings. The Morgan fingerprint density at radius 3 is 2.40 bits per heavy atom. The van der Waals surface area contributed by atoms with Crippen molar-refractivity contribution in [3.8, 4) is 0 Å². The molecule has 0 radical (unpaired) electrons. The molecule has 0 heterocycles. The van der Waals surface area contributed by atoms with Gasteiger partial charge in [0.1, 0.15) is 5.82 Å². The average molecular weight is 292 g/mol. The summed E-state index contributed by atoms with van der Waals surface area (Å²) >= 11 is 6.12. The molecular weight excluding hydrogens is 273 g/mol. The molecule has 0 aliphatic carbocycles. The van der Waals surface area contributed by atoms with Crippen LogP contribution in [-0.2, 0) is 12.8 Å². The SMILES string of the molecule is CCc1ccc(CC)c(C(N)c2ccc(F)cc2Cl)c1. The first-order chi connectivity index (χ1) is 9.56. The molecule has 1 unspecified atom stereocenters. The maximum Gasteiger partial charge on any atom is 0.124 e. The molecule has 0 bridgehead atoms. The lowest BCUT2D eigenvalue weighted by atomic mass is 9.92. The standard InChI is InChI=1S/C17H19ClFN/c1-3-11-5-6-12(4-2)15(9-11)17(20)14-8-7-13(19)10-16(14)18/h5-10,17H,3-4,20H2,1-2H3. The summed E-state index contributed by atoms with van der Waals surface area (Å²) in [6, 6.07) is 10.4. The first-order valence-corrected chi connectivity index (χ1v) is 7.26. The van der Waals surface area contributed by atoms with Crippen LogP contribution in [0.4, 0.5) is 4.39 Å². The number of hydrogen-bond acceptors (Lipinski definition) is 1. The van der Waals surface area contributed by atoms with Crippen molar-refractivity contribution >= 4 is 11.6 Å². The van der Waals surface area contributed by atoms with Gasteiger partial charge in [-0.25, -0.2) is 4.39 Å². The van der Waals surface area contributed by atoms with Crippen molar-refractivity contribution in [1.29, 1.82) is 0 Å². The average Bonchev–Trinajstić information content (AvgIpc) is 2.46. The van der Waals surface area contributed by atoms with Crippen LogP contribution < -0.4 is 5.73 Å². The Morgan fingerprint density at radius 1 is 1.05 bits per heavy atom. The molecule has 1 atom stereocenters. The van der Waals surface area contributed by atoms with Crippen molar-refractivity contribution in [1.82, 2.24) is 0 Å². The minimum Gasteiger partial charge on any atom is -0.320 e. The van der Waals surface area contributed by atoms with Crippen LogP contribution in [0.3, 0.4) is 0 Å². The molecule has 0 amide bonds. The summed E-state index contributed by atoms with van der Waals surface area (Å²) in [6.45, 7) is 4.21. The van der Waals surface area contributed by atoms with Crippen LogP contribution in [0.15, 0.2) is 36.4 Å². The highest BCUT2D eigenvalue weighted by Crippen LogP contribution is 2.30. The zero-order valence-electron chi connectivity index (χ0n) is 11.8. The van der Waals surface area contributed by atoms with Crippen molar-refractivity contribution in [3.63, 3.8) is 0 Å². The third-order valence-electron chi connectivity index (χ3n) is 3.63. The van der Waals surface area contributed by atoms with E-state index >= 15 is 0 Å². The normalized spacial score (nSPS) is 12.4. The Bertz CT molecular complexity index is 610. The second kappa shape index (κ2) is 6.38. The zero-order valence-corrected chi connectivity index (χ0v) is 12.5. The Morgan fingerprint density at radius 2 is 1.80 bits per heavy atom. The lowest BCUT2D eigenvalue weighted by Crippen LogP contribution is -2.15. The fourth-order valence-corrected chi connectivity index (χ4v) is 2.68. The second-order valence-corrected chi connectivity index (χ2v) is 5.29. The van der Waals surface area contributed by atoms with Crippen molar-refractivity contribution in [2.24, 2.45) is 5.73 Å². The summed E-state index contributed by atoms with van der Waals surface area (Å²) in [5, 5.41) is 0.376. The van der Waals surface area contributed by atoms with E-state index in [9.17, 15) is 4.39 Å². The molecule has 0 aliphatic rings. The van der Waals surface area contributed by atoms with Gasteiger partial charge >= 0.3 is 0 Å². The highest BCUT2D eigenvalue weighted by molar-refractivity contribution is 6.31. The predicted molar refractivity (Wildman–Crippen MR) is 82.6 cm³/mol. The minimum absolute atomic E-state index is 0.329. The van der Waals surface area contributed by atoms with E-state index in [1.165, 1.54) is 23.3 Å². The van der Waals surface area contributed by atoms with E-state index in [1.54, 1.807) is 6.07 Å². The summed E-state index contributed by atoms with van der Waals surface area (Å²) in [5.41, 5.74) is 10.6. The van der Waals surface area contributed by atoms with E-state index in [1.807, 2.05) is 0 Å². The number of nitrogens with two attached hydrogens (primary N) is 1. The molecule has 2 rings (SSSR count). The van der Waals surface area contributed by atoms with Crippen LogP contribution in [-0.4, -0.2) is 0 Å². The number of halogens is 2. The molecule has 106 valence electrons. The quantitative estimate of drug-likeness (QED) is 0.871. The largest absolute Gasteiger partial charge is 0.320 e. The van der Waals surface area contributed by atoms with Crippen molar-refractivity contribution in [2.45, 2.75) is 32.7 Å². The van der Waals surface area contributed by atoms with Crippen LogP contribution in [0.25, 0.3) is 0 Å². The molecule has 0 saturated carbocycles. The van der Waals surface area contributed by atoms with Crippen LogP contribution in [0, 0.1) is 5.82 Å². The van der Waals surface area contributed by atoms with Gasteiger partial charge in [0.25, 0.3) is 0 Å². The lowest BCUT2D eigenvalue weighted by molar-refractivity contribution is 0.626. The lowest BCUT2D eigenvalue weighted by Gasteiger charge is -2.19. The Labute approximate surface area is 124 Å². The van der Waals surface area contributed by atoms with Gasteiger partial charge in [0.2, 0.25) is 0 Å². The van der Waals surface area contributed by atoms with Gasteiger partial charge in [-0.2, -0.15) is 0 Å². The number of rotatable bonds is 4. The third kappa shape index (κ3) is 3.02. The van der Waals surface area contributed by atoms with Gasteiger partial charge in [0.15, 0.2) is 0 Å². The van der Waals surface area contributed by atoms with Crippen LogP contribution in [0.1, 0.15) is 42.1 Å². The van der Waals surface area contributed by atoms with Gasteiger partial charge < -0.3 is 5.73 Å². The van der Waals surface area contributed by atoms with Crippen LogP contribution >= 0.6 is 11.6 Å². The fraction of sp³-hybridized carbons (Fsp3) is 0.294. The molecule has 3 heteroatoms. The number of aryl methyl sites for hydroxylation is 2. The predicted octanol–water partition coefficient (Wildman–Crippen LogP) is 4.65. The van der Waals surface area contributed by atoms with Gasteiger partial charge in [0, 0.05) is 5.02 Å². The molecule has 0 aliphatic heterocycles. The topological polar surface area (TPSA) is 26.0 Å². The monoisotopic (exact) mass is 291 g/mol. The number of benzene rings is 2. The molecule has 0 spiro atoms. The van der Waals surface area contributed by atoms with E-state index < -0.39 is 0 Å². The maximum absolute atomic E-state index is 13.2. The molecule has 2 N–H and O–H groups in total. The van der Waals surface area contributed by atoms with E-state index in [-0.39, 0.29) is 11.9 Å². The van der Waals surface area contributed by atoms with E-state index in [2.05, 4.69) is 32.0 Å². The molecule has 0 saturated heterocycles. The van der Waals surface area contributed by atoms with Gasteiger partial charge in [-0.15, -0.1) is 0 Å². The zero-order chi connectivity index (χ0) is 14.7.